The Balaban J connectivity index is 1.09. The summed E-state index contributed by atoms with van der Waals surface area (Å²) in [6.45, 7) is 0. The summed E-state index contributed by atoms with van der Waals surface area (Å²) in [5, 5.41) is 12.6. The Bertz CT molecular complexity index is 2130. The number of hydrogen-bond donors (Lipinski definition) is 2. The molecule has 6 aromatic carbocycles. The average molecular weight is 626 g/mol. The summed E-state index contributed by atoms with van der Waals surface area (Å²) >= 11 is 0. The number of hydrogen-bond acceptors (Lipinski definition) is 2. The second-order valence-electron chi connectivity index (χ2n) is 12.8. The molecule has 1 amide bonds. The first-order chi connectivity index (χ1) is 23.6. The lowest BCUT2D eigenvalue weighted by atomic mass is 9.95. The van der Waals surface area contributed by atoms with E-state index in [1.165, 1.54) is 69.3 Å². The van der Waals surface area contributed by atoms with Crippen LogP contribution in [0.4, 0.5) is 21.9 Å². The maximum absolute atomic E-state index is 11.4. The first-order valence-corrected chi connectivity index (χ1v) is 16.8. The third-order valence-electron chi connectivity index (χ3n) is 9.90. The van der Waals surface area contributed by atoms with E-state index in [0.29, 0.717) is 12.0 Å². The first kappa shape index (κ1) is 29.7. The van der Waals surface area contributed by atoms with E-state index in [1.54, 1.807) is 0 Å². The summed E-state index contributed by atoms with van der Waals surface area (Å²) in [5.41, 5.74) is 11.8. The maximum Gasteiger partial charge on any atom is 0.515 e. The molecule has 234 valence electrons. The van der Waals surface area contributed by atoms with E-state index in [2.05, 4.69) is 132 Å². The van der Waals surface area contributed by atoms with Gasteiger partial charge in [0.15, 0.2) is 0 Å². The van der Waals surface area contributed by atoms with Crippen LogP contribution in [-0.2, 0) is 0 Å². The fourth-order valence-electron chi connectivity index (χ4n) is 7.72. The number of carboxylic acid groups (broad SMARTS) is 1. The molecular weight excluding hydrogens is 588 g/mol. The zero-order valence-corrected chi connectivity index (χ0v) is 26.7. The van der Waals surface area contributed by atoms with Crippen LogP contribution in [0.15, 0.2) is 140 Å². The molecule has 1 aliphatic heterocycles. The Morgan fingerprint density at radius 2 is 1.35 bits per heavy atom. The molecule has 0 spiro atoms. The van der Waals surface area contributed by atoms with Crippen LogP contribution in [0.1, 0.15) is 58.6 Å². The fraction of sp³-hybridized carbons (Fsp3) is 0.114. The van der Waals surface area contributed by atoms with Crippen molar-refractivity contribution in [3.63, 3.8) is 0 Å². The number of benzene rings is 6. The molecule has 6 aromatic rings. The highest BCUT2D eigenvalue weighted by Gasteiger charge is 2.42. The largest absolute Gasteiger partial charge is 0.515 e. The quantitative estimate of drug-likeness (QED) is 0.137. The highest BCUT2D eigenvalue weighted by molar-refractivity contribution is 5.98. The van der Waals surface area contributed by atoms with E-state index in [-0.39, 0.29) is 0 Å². The summed E-state index contributed by atoms with van der Waals surface area (Å²) in [6.07, 6.45) is 9.36. The smallest absolute Gasteiger partial charge is 0.435 e. The predicted octanol–water partition coefficient (Wildman–Crippen LogP) is 10.3. The highest BCUT2D eigenvalue weighted by Crippen LogP contribution is 2.52. The van der Waals surface area contributed by atoms with Crippen LogP contribution < -0.4 is 10.2 Å². The topological polar surface area (TPSA) is 57.1 Å². The van der Waals surface area contributed by atoms with E-state index in [0.717, 1.165) is 22.0 Å². The zero-order chi connectivity index (χ0) is 32.5. The second-order valence-corrected chi connectivity index (χ2v) is 12.8. The van der Waals surface area contributed by atoms with Crippen LogP contribution in [0.5, 0.6) is 0 Å². The van der Waals surface area contributed by atoms with Gasteiger partial charge in [-0.1, -0.05) is 116 Å². The van der Waals surface area contributed by atoms with Crippen molar-refractivity contribution in [2.45, 2.75) is 31.2 Å². The van der Waals surface area contributed by atoms with Crippen molar-refractivity contribution in [1.29, 1.82) is 0 Å². The summed E-state index contributed by atoms with van der Waals surface area (Å²) in [7, 11) is 0. The molecule has 1 heterocycles. The summed E-state index contributed by atoms with van der Waals surface area (Å²) in [6, 6.07) is 49.6. The Labute approximate surface area is 281 Å². The van der Waals surface area contributed by atoms with Crippen molar-refractivity contribution in [2.75, 3.05) is 4.90 Å². The maximum atomic E-state index is 11.4. The van der Waals surface area contributed by atoms with Gasteiger partial charge in [-0.05, 0) is 99.7 Å². The van der Waals surface area contributed by atoms with Gasteiger partial charge < -0.3 is 10.0 Å². The van der Waals surface area contributed by atoms with Crippen molar-refractivity contribution in [1.82, 2.24) is 0 Å². The molecule has 0 aromatic heterocycles. The number of amides is 1. The highest BCUT2D eigenvalue weighted by atomic mass is 16.4. The third-order valence-corrected chi connectivity index (χ3v) is 9.90. The van der Waals surface area contributed by atoms with Crippen molar-refractivity contribution < 1.29 is 15.2 Å². The average Bonchev–Trinajstić information content (AvgIpc) is 3.72. The van der Waals surface area contributed by atoms with E-state index < -0.39 is 6.09 Å². The fourth-order valence-corrected chi connectivity index (χ4v) is 7.72. The van der Waals surface area contributed by atoms with Gasteiger partial charge in [0.1, 0.15) is 5.69 Å². The molecule has 0 bridgehead atoms. The SMILES string of the molecule is O=C(O)[NH2+]c1ccc(/C=C/c2ccc3c(c2)C2CCCC2N3c2ccc(C=C(c3ccccc3)c3ccccc3)cc2)c2ccccc12. The normalized spacial score (nSPS) is 16.6. The van der Waals surface area contributed by atoms with Crippen LogP contribution in [-0.4, -0.2) is 17.2 Å². The van der Waals surface area contributed by atoms with Gasteiger partial charge in [0, 0.05) is 34.8 Å². The lowest BCUT2D eigenvalue weighted by Gasteiger charge is -2.27. The number of nitrogens with two attached hydrogens (primary N) is 1. The number of primary amides is 1. The predicted molar refractivity (Wildman–Crippen MR) is 198 cm³/mol. The molecule has 2 atom stereocenters. The minimum atomic E-state index is -0.936. The van der Waals surface area contributed by atoms with Gasteiger partial charge in [-0.2, -0.15) is 4.79 Å². The molecule has 4 heteroatoms. The van der Waals surface area contributed by atoms with Crippen LogP contribution >= 0.6 is 0 Å². The van der Waals surface area contributed by atoms with E-state index >= 15 is 0 Å². The molecule has 1 saturated carbocycles. The summed E-state index contributed by atoms with van der Waals surface area (Å²) < 4.78 is 0. The minimum absolute atomic E-state index is 0.479. The van der Waals surface area contributed by atoms with Crippen molar-refractivity contribution in [3.05, 3.63) is 173 Å². The molecule has 1 fully saturated rings. The molecule has 1 aliphatic carbocycles. The number of rotatable bonds is 7. The third kappa shape index (κ3) is 5.72. The van der Waals surface area contributed by atoms with Gasteiger partial charge in [-0.3, -0.25) is 0 Å². The Morgan fingerprint density at radius 1 is 0.688 bits per heavy atom. The Kier molecular flexibility index (Phi) is 7.93. The molecule has 0 saturated heterocycles. The molecule has 2 aliphatic rings. The van der Waals surface area contributed by atoms with Crippen molar-refractivity contribution in [2.24, 2.45) is 0 Å². The molecule has 0 radical (unpaired) electrons. The molecule has 8 rings (SSSR count). The number of nitrogens with zero attached hydrogens (tertiary/aromatic N) is 1. The van der Waals surface area contributed by atoms with E-state index in [4.69, 9.17) is 0 Å². The monoisotopic (exact) mass is 625 g/mol. The zero-order valence-electron chi connectivity index (χ0n) is 26.7. The molecule has 2 unspecified atom stereocenters. The lowest BCUT2D eigenvalue weighted by molar-refractivity contribution is -0.478. The number of fused-ring (bicyclic) bond motifs is 4. The van der Waals surface area contributed by atoms with Gasteiger partial charge >= 0.3 is 6.09 Å². The van der Waals surface area contributed by atoms with Crippen LogP contribution in [0, 0.1) is 0 Å². The molecule has 4 nitrogen and oxygen atoms in total. The van der Waals surface area contributed by atoms with E-state index in [1.807, 2.05) is 30.3 Å². The standard InChI is InChI=1S/C44H36N2O2/c47-44(48)45-41-26-23-34(36-14-7-8-15-37(36)41)22-18-30-21-27-43-40(29-30)38-16-9-17-42(38)46(43)35-24-19-31(20-25-35)28-39(32-10-3-1-4-11-32)33-12-5-2-6-13-33/h1-8,10-15,18-29,38,42,45H,9,16-17H2,(H,47,48)/p+1/b22-18+. The summed E-state index contributed by atoms with van der Waals surface area (Å²) in [5.74, 6) is 0.530. The van der Waals surface area contributed by atoms with Crippen LogP contribution in [0.2, 0.25) is 0 Å². The molecular formula is C44H37N2O2+. The van der Waals surface area contributed by atoms with Gasteiger partial charge in [0.05, 0.1) is 0 Å². The Morgan fingerprint density at radius 3 is 2.06 bits per heavy atom. The van der Waals surface area contributed by atoms with Crippen LogP contribution in [0.25, 0.3) is 34.6 Å². The number of quaternary nitrogens is 1. The molecule has 3 N–H and O–H groups in total. The Hall–Kier alpha value is -5.71. The minimum Gasteiger partial charge on any atom is -0.435 e. The van der Waals surface area contributed by atoms with Gasteiger partial charge in [-0.15, -0.1) is 0 Å². The van der Waals surface area contributed by atoms with E-state index in [9.17, 15) is 9.90 Å². The van der Waals surface area contributed by atoms with Crippen molar-refractivity contribution in [3.8, 4) is 0 Å². The number of carbonyl (C=O) groups is 1. The van der Waals surface area contributed by atoms with Crippen LogP contribution in [0.3, 0.4) is 0 Å². The number of anilines is 2. The van der Waals surface area contributed by atoms with Gasteiger partial charge in [0.2, 0.25) is 0 Å². The summed E-state index contributed by atoms with van der Waals surface area (Å²) in [4.78, 5) is 13.9. The molecule has 48 heavy (non-hydrogen) atoms. The first-order valence-electron chi connectivity index (χ1n) is 16.8. The van der Waals surface area contributed by atoms with Crippen molar-refractivity contribution >= 4 is 57.7 Å². The van der Waals surface area contributed by atoms with Gasteiger partial charge in [-0.25, -0.2) is 5.32 Å². The lowest BCUT2D eigenvalue weighted by Crippen LogP contribution is -2.81. The van der Waals surface area contributed by atoms with Gasteiger partial charge in [0.25, 0.3) is 0 Å². The second kappa shape index (κ2) is 12.8.